The van der Waals surface area contributed by atoms with E-state index >= 15 is 0 Å². The van der Waals surface area contributed by atoms with Crippen molar-refractivity contribution >= 4 is 23.6 Å². The molecule has 0 atom stereocenters. The van der Waals surface area contributed by atoms with Crippen molar-refractivity contribution in [3.05, 3.63) is 33.9 Å². The zero-order valence-corrected chi connectivity index (χ0v) is 10.7. The van der Waals surface area contributed by atoms with Gasteiger partial charge in [0.2, 0.25) is 5.91 Å². The van der Waals surface area contributed by atoms with Gasteiger partial charge in [-0.15, -0.1) is 0 Å². The zero-order chi connectivity index (χ0) is 14.4. The minimum Gasteiger partial charge on any atom is -0.371 e. The number of rotatable bonds is 6. The highest BCUT2D eigenvalue weighted by atomic mass is 16.6. The van der Waals surface area contributed by atoms with Crippen molar-refractivity contribution < 1.29 is 14.5 Å². The first kappa shape index (κ1) is 14.6. The van der Waals surface area contributed by atoms with E-state index in [-0.39, 0.29) is 35.4 Å². The molecule has 1 aromatic rings. The third-order valence-electron chi connectivity index (χ3n) is 2.24. The van der Waals surface area contributed by atoms with Crippen LogP contribution in [0.15, 0.2) is 18.2 Å². The summed E-state index contributed by atoms with van der Waals surface area (Å²) in [5.74, 6) is -0.260. The summed E-state index contributed by atoms with van der Waals surface area (Å²) >= 11 is 0. The molecule has 0 fully saturated rings. The van der Waals surface area contributed by atoms with E-state index in [0.717, 1.165) is 6.07 Å². The zero-order valence-electron chi connectivity index (χ0n) is 10.7. The fraction of sp³-hybridized carbons (Fsp3) is 0.333. The normalized spacial score (nSPS) is 10.1. The molecule has 0 saturated carbocycles. The summed E-state index contributed by atoms with van der Waals surface area (Å²) in [5, 5.41) is 16.2. The molecule has 0 bridgehead atoms. The lowest BCUT2D eigenvalue weighted by molar-refractivity contribution is -0.384. The lowest BCUT2D eigenvalue weighted by Crippen LogP contribution is -2.34. The highest BCUT2D eigenvalue weighted by molar-refractivity contribution is 5.83. The highest BCUT2D eigenvalue weighted by Crippen LogP contribution is 2.24. The molecule has 1 amide bonds. The molecule has 0 aromatic heterocycles. The Kier molecular flexibility index (Phi) is 4.99. The molecule has 1 rings (SSSR count). The topological polar surface area (TPSA) is 101 Å². The minimum absolute atomic E-state index is 0.00160. The number of hydrogen-bond acceptors (Lipinski definition) is 5. The van der Waals surface area contributed by atoms with E-state index in [1.165, 1.54) is 12.1 Å². The molecule has 0 aliphatic heterocycles. The number of carbonyl (C=O) groups excluding carboxylic acids is 2. The van der Waals surface area contributed by atoms with E-state index in [1.807, 2.05) is 13.8 Å². The van der Waals surface area contributed by atoms with Crippen molar-refractivity contribution in [1.82, 2.24) is 5.32 Å². The standard InChI is InChI=1S/C12H15N3O4/c1-8(2)14-12(17)6-13-10-4-3-9(7-16)5-11(10)15(18)19/h3-5,7-8,13H,6H2,1-2H3,(H,14,17). The number of nitro benzene ring substituents is 1. The third kappa shape index (κ3) is 4.38. The van der Waals surface area contributed by atoms with Gasteiger partial charge in [-0.1, -0.05) is 0 Å². The first-order valence-corrected chi connectivity index (χ1v) is 5.71. The molecular weight excluding hydrogens is 250 g/mol. The number of aldehydes is 1. The van der Waals surface area contributed by atoms with Gasteiger partial charge < -0.3 is 10.6 Å². The fourth-order valence-corrected chi connectivity index (χ4v) is 1.47. The van der Waals surface area contributed by atoms with Gasteiger partial charge in [0.05, 0.1) is 11.5 Å². The summed E-state index contributed by atoms with van der Waals surface area (Å²) in [5.41, 5.74) is 0.181. The Morgan fingerprint density at radius 1 is 1.47 bits per heavy atom. The van der Waals surface area contributed by atoms with Gasteiger partial charge in [0.25, 0.3) is 5.69 Å². The molecule has 0 aliphatic carbocycles. The number of nitrogens with zero attached hydrogens (tertiary/aromatic N) is 1. The molecule has 0 heterocycles. The molecule has 0 aliphatic rings. The van der Waals surface area contributed by atoms with Crippen molar-refractivity contribution in [3.63, 3.8) is 0 Å². The molecular formula is C12H15N3O4. The summed E-state index contributed by atoms with van der Waals surface area (Å²) in [6, 6.07) is 4.02. The van der Waals surface area contributed by atoms with Crippen LogP contribution in [-0.2, 0) is 4.79 Å². The monoisotopic (exact) mass is 265 g/mol. The SMILES string of the molecule is CC(C)NC(=O)CNc1ccc(C=O)cc1[N+](=O)[O-]. The first-order chi connectivity index (χ1) is 8.93. The van der Waals surface area contributed by atoms with E-state index in [0.29, 0.717) is 6.29 Å². The number of benzene rings is 1. The third-order valence-corrected chi connectivity index (χ3v) is 2.24. The van der Waals surface area contributed by atoms with Crippen LogP contribution in [0.25, 0.3) is 0 Å². The number of amides is 1. The van der Waals surface area contributed by atoms with Crippen LogP contribution in [0.5, 0.6) is 0 Å². The molecule has 19 heavy (non-hydrogen) atoms. The van der Waals surface area contributed by atoms with E-state index in [1.54, 1.807) is 0 Å². The molecule has 0 unspecified atom stereocenters. The van der Waals surface area contributed by atoms with Crippen LogP contribution in [-0.4, -0.2) is 29.7 Å². The van der Waals surface area contributed by atoms with Gasteiger partial charge in [-0.2, -0.15) is 0 Å². The Hall–Kier alpha value is -2.44. The van der Waals surface area contributed by atoms with E-state index in [4.69, 9.17) is 0 Å². The van der Waals surface area contributed by atoms with Gasteiger partial charge in [0.1, 0.15) is 12.0 Å². The van der Waals surface area contributed by atoms with E-state index in [2.05, 4.69) is 10.6 Å². The van der Waals surface area contributed by atoms with E-state index < -0.39 is 4.92 Å². The summed E-state index contributed by atoms with van der Waals surface area (Å²) in [6.07, 6.45) is 0.530. The molecule has 102 valence electrons. The minimum atomic E-state index is -0.602. The molecule has 1 aromatic carbocycles. The van der Waals surface area contributed by atoms with Crippen molar-refractivity contribution in [3.8, 4) is 0 Å². The van der Waals surface area contributed by atoms with Gasteiger partial charge in [0, 0.05) is 17.7 Å². The molecule has 0 saturated heterocycles. The van der Waals surface area contributed by atoms with Crippen LogP contribution >= 0.6 is 0 Å². The van der Waals surface area contributed by atoms with Crippen LogP contribution in [0, 0.1) is 10.1 Å². The Morgan fingerprint density at radius 2 is 2.16 bits per heavy atom. The number of nitrogens with one attached hydrogen (secondary N) is 2. The average Bonchev–Trinajstić information content (AvgIpc) is 2.35. The predicted octanol–water partition coefficient (Wildman–Crippen LogP) is 1.34. The van der Waals surface area contributed by atoms with Gasteiger partial charge in [-0.3, -0.25) is 19.7 Å². The summed E-state index contributed by atoms with van der Waals surface area (Å²) in [4.78, 5) is 32.3. The van der Waals surface area contributed by atoms with E-state index in [9.17, 15) is 19.7 Å². The number of carbonyl (C=O) groups is 2. The molecule has 2 N–H and O–H groups in total. The second kappa shape index (κ2) is 6.48. The Labute approximate surface area is 110 Å². The molecule has 7 nitrogen and oxygen atoms in total. The number of anilines is 1. The second-order valence-electron chi connectivity index (χ2n) is 4.23. The van der Waals surface area contributed by atoms with Crippen LogP contribution in [0.1, 0.15) is 24.2 Å². The van der Waals surface area contributed by atoms with Gasteiger partial charge in [-0.25, -0.2) is 0 Å². The van der Waals surface area contributed by atoms with Crippen LogP contribution in [0.3, 0.4) is 0 Å². The average molecular weight is 265 g/mol. The van der Waals surface area contributed by atoms with Crippen LogP contribution in [0.4, 0.5) is 11.4 Å². The first-order valence-electron chi connectivity index (χ1n) is 5.71. The predicted molar refractivity (Wildman–Crippen MR) is 70.3 cm³/mol. The maximum Gasteiger partial charge on any atom is 0.293 e. The highest BCUT2D eigenvalue weighted by Gasteiger charge is 2.15. The lowest BCUT2D eigenvalue weighted by atomic mass is 10.2. The smallest absolute Gasteiger partial charge is 0.293 e. The van der Waals surface area contributed by atoms with Gasteiger partial charge >= 0.3 is 0 Å². The number of nitro groups is 1. The van der Waals surface area contributed by atoms with Crippen molar-refractivity contribution in [2.75, 3.05) is 11.9 Å². The molecule has 7 heteroatoms. The number of hydrogen-bond donors (Lipinski definition) is 2. The Bertz CT molecular complexity index is 500. The summed E-state index contributed by atoms with van der Waals surface area (Å²) < 4.78 is 0. The van der Waals surface area contributed by atoms with Crippen LogP contribution < -0.4 is 10.6 Å². The van der Waals surface area contributed by atoms with Crippen molar-refractivity contribution in [2.45, 2.75) is 19.9 Å². The maximum absolute atomic E-state index is 11.4. The molecule has 0 spiro atoms. The second-order valence-corrected chi connectivity index (χ2v) is 4.23. The largest absolute Gasteiger partial charge is 0.371 e. The fourth-order valence-electron chi connectivity index (χ4n) is 1.47. The molecule has 0 radical (unpaired) electrons. The Morgan fingerprint density at radius 3 is 2.68 bits per heavy atom. The Balaban J connectivity index is 2.80. The van der Waals surface area contributed by atoms with Crippen molar-refractivity contribution in [2.24, 2.45) is 0 Å². The van der Waals surface area contributed by atoms with Crippen molar-refractivity contribution in [1.29, 1.82) is 0 Å². The maximum atomic E-state index is 11.4. The quantitative estimate of drug-likeness (QED) is 0.459. The lowest BCUT2D eigenvalue weighted by Gasteiger charge is -2.10. The summed E-state index contributed by atoms with van der Waals surface area (Å²) in [6.45, 7) is 3.57. The van der Waals surface area contributed by atoms with Gasteiger partial charge in [0.15, 0.2) is 0 Å². The summed E-state index contributed by atoms with van der Waals surface area (Å²) in [7, 11) is 0. The van der Waals surface area contributed by atoms with Gasteiger partial charge in [-0.05, 0) is 26.0 Å². The van der Waals surface area contributed by atoms with Crippen LogP contribution in [0.2, 0.25) is 0 Å².